The van der Waals surface area contributed by atoms with Gasteiger partial charge in [-0.3, -0.25) is 0 Å². The van der Waals surface area contributed by atoms with Gasteiger partial charge in [0.05, 0.1) is 13.2 Å². The lowest BCUT2D eigenvalue weighted by Crippen LogP contribution is -2.05. The molecule has 0 bridgehead atoms. The van der Waals surface area contributed by atoms with Crippen LogP contribution in [0.1, 0.15) is 30.2 Å². The van der Waals surface area contributed by atoms with E-state index in [0.717, 1.165) is 17.8 Å². The van der Waals surface area contributed by atoms with Crippen LogP contribution in [0.25, 0.3) is 0 Å². The highest BCUT2D eigenvalue weighted by molar-refractivity contribution is 7.11. The maximum Gasteiger partial charge on any atom is 0.226 e. The fraction of sp³-hybridized carbons (Fsp3) is 0.462. The van der Waals surface area contributed by atoms with E-state index in [-0.39, 0.29) is 0 Å². The highest BCUT2D eigenvalue weighted by atomic mass is 32.1. The molecule has 0 aliphatic carbocycles. The van der Waals surface area contributed by atoms with Gasteiger partial charge in [-0.05, 0) is 12.8 Å². The summed E-state index contributed by atoms with van der Waals surface area (Å²) in [5.74, 6) is 1.18. The summed E-state index contributed by atoms with van der Waals surface area (Å²) in [4.78, 5) is 14.1. The van der Waals surface area contributed by atoms with Crippen LogP contribution in [0.5, 0.6) is 5.88 Å². The molecule has 19 heavy (non-hydrogen) atoms. The SMILES string of the molecule is CCCOc1ccnc(NCc2ncc(CC)s2)n1. The molecule has 2 aromatic rings. The quantitative estimate of drug-likeness (QED) is 0.844. The summed E-state index contributed by atoms with van der Waals surface area (Å²) in [5, 5.41) is 4.20. The molecule has 2 aromatic heterocycles. The summed E-state index contributed by atoms with van der Waals surface area (Å²) in [6, 6.07) is 1.76. The van der Waals surface area contributed by atoms with Gasteiger partial charge in [-0.2, -0.15) is 4.98 Å². The second-order valence-electron chi connectivity index (χ2n) is 3.99. The van der Waals surface area contributed by atoms with Crippen molar-refractivity contribution in [2.75, 3.05) is 11.9 Å². The first-order valence-electron chi connectivity index (χ1n) is 6.45. The number of thiazole rings is 1. The molecule has 0 aliphatic heterocycles. The third kappa shape index (κ3) is 4.17. The van der Waals surface area contributed by atoms with Crippen molar-refractivity contribution >= 4 is 17.3 Å². The Balaban J connectivity index is 1.91. The van der Waals surface area contributed by atoms with Crippen molar-refractivity contribution < 1.29 is 4.74 Å². The fourth-order valence-corrected chi connectivity index (χ4v) is 2.26. The maximum atomic E-state index is 5.47. The third-order valence-electron chi connectivity index (χ3n) is 2.43. The Morgan fingerprint density at radius 2 is 2.21 bits per heavy atom. The van der Waals surface area contributed by atoms with Gasteiger partial charge in [-0.15, -0.1) is 11.3 Å². The van der Waals surface area contributed by atoms with E-state index in [1.165, 1.54) is 4.88 Å². The Kier molecular flexibility index (Phi) is 5.09. The Bertz CT molecular complexity index is 515. The smallest absolute Gasteiger partial charge is 0.226 e. The van der Waals surface area contributed by atoms with Gasteiger partial charge in [0.15, 0.2) is 0 Å². The largest absolute Gasteiger partial charge is 0.478 e. The molecule has 0 saturated carbocycles. The zero-order valence-corrected chi connectivity index (χ0v) is 12.0. The lowest BCUT2D eigenvalue weighted by atomic mass is 10.4. The van der Waals surface area contributed by atoms with Gasteiger partial charge in [-0.1, -0.05) is 13.8 Å². The van der Waals surface area contributed by atoms with E-state index in [0.29, 0.717) is 25.0 Å². The Labute approximate surface area is 117 Å². The van der Waals surface area contributed by atoms with E-state index in [1.54, 1.807) is 23.6 Å². The highest BCUT2D eigenvalue weighted by Crippen LogP contribution is 2.15. The van der Waals surface area contributed by atoms with Crippen LogP contribution in [0.3, 0.4) is 0 Å². The van der Waals surface area contributed by atoms with E-state index >= 15 is 0 Å². The predicted molar refractivity (Wildman–Crippen MR) is 76.6 cm³/mol. The monoisotopic (exact) mass is 278 g/mol. The topological polar surface area (TPSA) is 59.9 Å². The highest BCUT2D eigenvalue weighted by Gasteiger charge is 2.03. The molecule has 6 heteroatoms. The van der Waals surface area contributed by atoms with Crippen LogP contribution >= 0.6 is 11.3 Å². The summed E-state index contributed by atoms with van der Waals surface area (Å²) in [6.07, 6.45) is 5.60. The van der Waals surface area contributed by atoms with Crippen molar-refractivity contribution in [3.8, 4) is 5.88 Å². The van der Waals surface area contributed by atoms with Gasteiger partial charge in [0.25, 0.3) is 0 Å². The maximum absolute atomic E-state index is 5.47. The van der Waals surface area contributed by atoms with Crippen molar-refractivity contribution in [3.05, 3.63) is 28.3 Å². The minimum absolute atomic E-state index is 0.571. The van der Waals surface area contributed by atoms with Gasteiger partial charge < -0.3 is 10.1 Å². The molecule has 0 fully saturated rings. The van der Waals surface area contributed by atoms with E-state index < -0.39 is 0 Å². The standard InChI is InChI=1S/C13H18N4OS/c1-3-7-18-11-5-6-14-13(17-11)16-9-12-15-8-10(4-2)19-12/h5-6,8H,3-4,7,9H2,1-2H3,(H,14,16,17). The molecule has 5 nitrogen and oxygen atoms in total. The number of rotatable bonds is 7. The first kappa shape index (κ1) is 13.7. The molecule has 0 aliphatic rings. The Morgan fingerprint density at radius 1 is 1.32 bits per heavy atom. The first-order valence-corrected chi connectivity index (χ1v) is 7.26. The van der Waals surface area contributed by atoms with E-state index in [2.05, 4.69) is 34.1 Å². The van der Waals surface area contributed by atoms with Gasteiger partial charge in [-0.25, -0.2) is 9.97 Å². The number of hydrogen-bond acceptors (Lipinski definition) is 6. The molecule has 1 N–H and O–H groups in total. The van der Waals surface area contributed by atoms with E-state index in [1.807, 2.05) is 6.20 Å². The number of anilines is 1. The average Bonchev–Trinajstić information content (AvgIpc) is 2.91. The number of aryl methyl sites for hydroxylation is 1. The lowest BCUT2D eigenvalue weighted by Gasteiger charge is -2.05. The number of nitrogens with one attached hydrogen (secondary N) is 1. The molecule has 0 aromatic carbocycles. The molecule has 2 heterocycles. The molecule has 0 atom stereocenters. The number of nitrogens with zero attached hydrogens (tertiary/aromatic N) is 3. The summed E-state index contributed by atoms with van der Waals surface area (Å²) in [6.45, 7) is 5.50. The van der Waals surface area contributed by atoms with Crippen LogP contribution in [-0.2, 0) is 13.0 Å². The van der Waals surface area contributed by atoms with Crippen LogP contribution in [0.15, 0.2) is 18.5 Å². The van der Waals surface area contributed by atoms with E-state index in [9.17, 15) is 0 Å². The van der Waals surface area contributed by atoms with Crippen molar-refractivity contribution in [2.45, 2.75) is 33.2 Å². The van der Waals surface area contributed by atoms with Crippen LogP contribution in [-0.4, -0.2) is 21.6 Å². The Morgan fingerprint density at radius 3 is 2.95 bits per heavy atom. The van der Waals surface area contributed by atoms with Crippen molar-refractivity contribution in [2.24, 2.45) is 0 Å². The number of hydrogen-bond donors (Lipinski definition) is 1. The van der Waals surface area contributed by atoms with Gasteiger partial charge in [0.1, 0.15) is 5.01 Å². The molecule has 0 saturated heterocycles. The zero-order valence-electron chi connectivity index (χ0n) is 11.2. The fourth-order valence-electron chi connectivity index (χ4n) is 1.46. The third-order valence-corrected chi connectivity index (χ3v) is 3.57. The molecular formula is C13H18N4OS. The normalized spacial score (nSPS) is 10.4. The molecule has 0 spiro atoms. The first-order chi connectivity index (χ1) is 9.31. The molecule has 0 amide bonds. The average molecular weight is 278 g/mol. The van der Waals surface area contributed by atoms with Crippen LogP contribution in [0.2, 0.25) is 0 Å². The Hall–Kier alpha value is -1.69. The molecule has 0 radical (unpaired) electrons. The van der Waals surface area contributed by atoms with Crippen molar-refractivity contribution in [3.63, 3.8) is 0 Å². The zero-order chi connectivity index (χ0) is 13.5. The minimum atomic E-state index is 0.571. The van der Waals surface area contributed by atoms with Gasteiger partial charge in [0.2, 0.25) is 11.8 Å². The summed E-state index contributed by atoms with van der Waals surface area (Å²) in [7, 11) is 0. The van der Waals surface area contributed by atoms with Crippen LogP contribution < -0.4 is 10.1 Å². The number of aromatic nitrogens is 3. The van der Waals surface area contributed by atoms with Gasteiger partial charge >= 0.3 is 0 Å². The molecule has 102 valence electrons. The summed E-state index contributed by atoms with van der Waals surface area (Å²) in [5.41, 5.74) is 0. The second-order valence-corrected chi connectivity index (χ2v) is 5.19. The molecule has 0 unspecified atom stereocenters. The lowest BCUT2D eigenvalue weighted by molar-refractivity contribution is 0.305. The molecule has 2 rings (SSSR count). The van der Waals surface area contributed by atoms with Gasteiger partial charge in [0, 0.05) is 23.3 Å². The van der Waals surface area contributed by atoms with Crippen molar-refractivity contribution in [1.82, 2.24) is 15.0 Å². The second kappa shape index (κ2) is 7.04. The molecular weight excluding hydrogens is 260 g/mol. The predicted octanol–water partition coefficient (Wildman–Crippen LogP) is 2.90. The van der Waals surface area contributed by atoms with Crippen LogP contribution in [0.4, 0.5) is 5.95 Å². The minimum Gasteiger partial charge on any atom is -0.478 e. The van der Waals surface area contributed by atoms with Crippen LogP contribution in [0, 0.1) is 0 Å². The summed E-state index contributed by atoms with van der Waals surface area (Å²) >= 11 is 1.71. The summed E-state index contributed by atoms with van der Waals surface area (Å²) < 4.78 is 5.47. The van der Waals surface area contributed by atoms with Crippen molar-refractivity contribution in [1.29, 1.82) is 0 Å². The number of ether oxygens (including phenoxy) is 1. The van der Waals surface area contributed by atoms with E-state index in [4.69, 9.17) is 4.74 Å².